The van der Waals surface area contributed by atoms with Crippen molar-refractivity contribution in [2.45, 2.75) is 50.2 Å². The molecule has 0 aliphatic carbocycles. The van der Waals surface area contributed by atoms with Crippen LogP contribution >= 0.6 is 0 Å². The van der Waals surface area contributed by atoms with E-state index in [2.05, 4.69) is 5.32 Å². The van der Waals surface area contributed by atoms with E-state index >= 15 is 0 Å². The Kier molecular flexibility index (Phi) is 4.10. The summed E-state index contributed by atoms with van der Waals surface area (Å²) in [5, 5.41) is 3.08. The Morgan fingerprint density at radius 1 is 1.48 bits per heavy atom. The van der Waals surface area contributed by atoms with E-state index in [1.165, 1.54) is 6.07 Å². The van der Waals surface area contributed by atoms with Crippen molar-refractivity contribution in [3.63, 3.8) is 0 Å². The molecule has 2 amide bonds. The quantitative estimate of drug-likeness (QED) is 0.886. The number of likely N-dealkylation sites (tertiary alicyclic amines) is 1. The number of halogens is 1. The molecule has 2 saturated heterocycles. The number of fused-ring (bicyclic) bond motifs is 1. The van der Waals surface area contributed by atoms with Crippen LogP contribution < -0.4 is 11.1 Å². The van der Waals surface area contributed by atoms with Gasteiger partial charge in [-0.25, -0.2) is 4.39 Å². The standard InChI is InChI=1S/C17H22FN3O2/c1-17-9-13(11-5-2-3-6-12(11)18)21(10-15(19)22)14(17)7-4-8-16(23)20-17/h2-3,5-6,13-14H,4,7-10H2,1H3,(H2,19,22)(H,20,23)/t13-,14-,17-/m0/s1. The van der Waals surface area contributed by atoms with E-state index in [1.54, 1.807) is 18.2 Å². The number of carbonyl (C=O) groups excluding carboxylic acids is 2. The summed E-state index contributed by atoms with van der Waals surface area (Å²) in [6.45, 7) is 2.05. The average Bonchev–Trinajstić information content (AvgIpc) is 2.62. The van der Waals surface area contributed by atoms with Crippen LogP contribution in [0.1, 0.15) is 44.2 Å². The molecule has 124 valence electrons. The topological polar surface area (TPSA) is 75.4 Å². The molecule has 2 fully saturated rings. The zero-order valence-electron chi connectivity index (χ0n) is 13.2. The van der Waals surface area contributed by atoms with E-state index in [1.807, 2.05) is 11.8 Å². The van der Waals surface area contributed by atoms with E-state index < -0.39 is 11.4 Å². The van der Waals surface area contributed by atoms with Crippen molar-refractivity contribution in [3.8, 4) is 0 Å². The Morgan fingerprint density at radius 3 is 2.91 bits per heavy atom. The van der Waals surface area contributed by atoms with Crippen molar-refractivity contribution >= 4 is 11.8 Å². The van der Waals surface area contributed by atoms with Crippen molar-refractivity contribution in [2.24, 2.45) is 5.73 Å². The molecule has 0 aromatic heterocycles. The number of hydrogen-bond acceptors (Lipinski definition) is 3. The van der Waals surface area contributed by atoms with Crippen LogP contribution in [-0.4, -0.2) is 34.8 Å². The second-order valence-electron chi connectivity index (χ2n) is 6.75. The molecule has 2 aliphatic heterocycles. The van der Waals surface area contributed by atoms with Gasteiger partial charge in [0.15, 0.2) is 0 Å². The summed E-state index contributed by atoms with van der Waals surface area (Å²) in [5.74, 6) is -0.715. The first-order valence-electron chi connectivity index (χ1n) is 8.00. The summed E-state index contributed by atoms with van der Waals surface area (Å²) in [6, 6.07) is 6.31. The fraction of sp³-hybridized carbons (Fsp3) is 0.529. The van der Waals surface area contributed by atoms with Crippen molar-refractivity contribution in [3.05, 3.63) is 35.6 Å². The third-order valence-electron chi connectivity index (χ3n) is 5.06. The van der Waals surface area contributed by atoms with Gasteiger partial charge >= 0.3 is 0 Å². The normalized spacial score (nSPS) is 31.3. The minimum atomic E-state index is -0.476. The minimum absolute atomic E-state index is 0.0169. The number of rotatable bonds is 3. The zero-order valence-corrected chi connectivity index (χ0v) is 13.2. The molecular weight excluding hydrogens is 297 g/mol. The number of nitrogens with one attached hydrogen (secondary N) is 1. The molecule has 2 aliphatic rings. The molecule has 23 heavy (non-hydrogen) atoms. The summed E-state index contributed by atoms with van der Waals surface area (Å²) in [4.78, 5) is 25.5. The Labute approximate surface area is 135 Å². The van der Waals surface area contributed by atoms with Gasteiger partial charge in [-0.3, -0.25) is 14.5 Å². The second-order valence-corrected chi connectivity index (χ2v) is 6.75. The summed E-state index contributed by atoms with van der Waals surface area (Å²) >= 11 is 0. The predicted octanol–water partition coefficient (Wildman–Crippen LogP) is 1.49. The molecule has 0 unspecified atom stereocenters. The van der Waals surface area contributed by atoms with Crippen molar-refractivity contribution in [1.29, 1.82) is 0 Å². The highest BCUT2D eigenvalue weighted by molar-refractivity contribution is 5.78. The van der Waals surface area contributed by atoms with Gasteiger partial charge in [-0.1, -0.05) is 18.2 Å². The zero-order chi connectivity index (χ0) is 16.6. The molecule has 3 rings (SSSR count). The highest BCUT2D eigenvalue weighted by Crippen LogP contribution is 2.45. The maximum absolute atomic E-state index is 14.3. The molecule has 2 heterocycles. The first-order valence-corrected chi connectivity index (χ1v) is 8.00. The van der Waals surface area contributed by atoms with Gasteiger partial charge in [0.05, 0.1) is 12.1 Å². The van der Waals surface area contributed by atoms with Crippen molar-refractivity contribution in [2.75, 3.05) is 6.54 Å². The number of nitrogens with two attached hydrogens (primary N) is 1. The Hall–Kier alpha value is -1.95. The molecule has 0 bridgehead atoms. The Bertz CT molecular complexity index is 636. The number of primary amides is 1. The molecular formula is C17H22FN3O2. The third-order valence-corrected chi connectivity index (χ3v) is 5.06. The van der Waals surface area contributed by atoms with Gasteiger partial charge in [0.2, 0.25) is 11.8 Å². The molecule has 1 aromatic rings. The fourth-order valence-electron chi connectivity index (χ4n) is 4.13. The average molecular weight is 319 g/mol. The van der Waals surface area contributed by atoms with E-state index in [-0.39, 0.29) is 30.4 Å². The van der Waals surface area contributed by atoms with Crippen LogP contribution in [0.2, 0.25) is 0 Å². The largest absolute Gasteiger partial charge is 0.369 e. The number of nitrogens with zero attached hydrogens (tertiary/aromatic N) is 1. The number of benzene rings is 1. The lowest BCUT2D eigenvalue weighted by molar-refractivity contribution is -0.122. The van der Waals surface area contributed by atoms with E-state index in [4.69, 9.17) is 5.73 Å². The van der Waals surface area contributed by atoms with Gasteiger partial charge in [0, 0.05) is 24.1 Å². The lowest BCUT2D eigenvalue weighted by atomic mass is 9.88. The van der Waals surface area contributed by atoms with Gasteiger partial charge in [0.1, 0.15) is 5.82 Å². The number of hydrogen-bond donors (Lipinski definition) is 2. The maximum atomic E-state index is 14.3. The molecule has 0 radical (unpaired) electrons. The molecule has 5 nitrogen and oxygen atoms in total. The third kappa shape index (κ3) is 2.95. The van der Waals surface area contributed by atoms with Gasteiger partial charge in [-0.2, -0.15) is 0 Å². The summed E-state index contributed by atoms with van der Waals surface area (Å²) < 4.78 is 14.3. The van der Waals surface area contributed by atoms with Crippen LogP contribution in [0, 0.1) is 5.82 Å². The molecule has 1 aromatic carbocycles. The van der Waals surface area contributed by atoms with Gasteiger partial charge in [0.25, 0.3) is 0 Å². The first-order chi connectivity index (χ1) is 10.9. The van der Waals surface area contributed by atoms with E-state index in [0.29, 0.717) is 18.4 Å². The van der Waals surface area contributed by atoms with Crippen LogP contribution in [0.4, 0.5) is 4.39 Å². The first kappa shape index (κ1) is 15.9. The number of amides is 2. The Morgan fingerprint density at radius 2 is 2.22 bits per heavy atom. The van der Waals surface area contributed by atoms with Crippen LogP contribution in [0.25, 0.3) is 0 Å². The highest BCUT2D eigenvalue weighted by atomic mass is 19.1. The van der Waals surface area contributed by atoms with E-state index in [9.17, 15) is 14.0 Å². The lowest BCUT2D eigenvalue weighted by Gasteiger charge is -2.34. The van der Waals surface area contributed by atoms with Crippen molar-refractivity contribution in [1.82, 2.24) is 10.2 Å². The highest BCUT2D eigenvalue weighted by Gasteiger charge is 2.51. The van der Waals surface area contributed by atoms with Crippen LogP contribution in [0.3, 0.4) is 0 Å². The van der Waals surface area contributed by atoms with Crippen LogP contribution in [-0.2, 0) is 9.59 Å². The van der Waals surface area contributed by atoms with Crippen LogP contribution in [0.15, 0.2) is 24.3 Å². The number of carbonyl (C=O) groups is 2. The molecule has 3 atom stereocenters. The minimum Gasteiger partial charge on any atom is -0.369 e. The summed E-state index contributed by atoms with van der Waals surface area (Å²) in [6.07, 6.45) is 2.59. The van der Waals surface area contributed by atoms with E-state index in [0.717, 1.165) is 12.8 Å². The fourth-order valence-corrected chi connectivity index (χ4v) is 4.13. The van der Waals surface area contributed by atoms with Crippen molar-refractivity contribution < 1.29 is 14.0 Å². The Balaban J connectivity index is 2.00. The monoisotopic (exact) mass is 319 g/mol. The summed E-state index contributed by atoms with van der Waals surface area (Å²) in [5.41, 5.74) is 5.50. The lowest BCUT2D eigenvalue weighted by Crippen LogP contribution is -2.53. The second kappa shape index (κ2) is 5.92. The predicted molar refractivity (Wildman–Crippen MR) is 83.8 cm³/mol. The molecule has 6 heteroatoms. The molecule has 0 spiro atoms. The SMILES string of the molecule is C[C@]12C[C@@H](c3ccccc3F)N(CC(N)=O)[C@H]1CCCC(=O)N2. The molecule has 3 N–H and O–H groups in total. The van der Waals surface area contributed by atoms with Gasteiger partial charge in [-0.15, -0.1) is 0 Å². The van der Waals surface area contributed by atoms with Gasteiger partial charge < -0.3 is 11.1 Å². The maximum Gasteiger partial charge on any atom is 0.231 e. The van der Waals surface area contributed by atoms with Crippen LogP contribution in [0.5, 0.6) is 0 Å². The summed E-state index contributed by atoms with van der Waals surface area (Å²) in [7, 11) is 0. The smallest absolute Gasteiger partial charge is 0.231 e. The molecule has 0 saturated carbocycles. The van der Waals surface area contributed by atoms with Gasteiger partial charge in [-0.05, 0) is 32.3 Å².